The first-order chi connectivity index (χ1) is 8.81. The summed E-state index contributed by atoms with van der Waals surface area (Å²) in [6.45, 7) is 3.59. The zero-order valence-electron chi connectivity index (χ0n) is 10.9. The normalized spacial score (nSPS) is 21.6. The summed E-state index contributed by atoms with van der Waals surface area (Å²) in [5.41, 5.74) is 0.614. The molecular formula is C14H21FN2O. The number of hydrogen-bond acceptors (Lipinski definition) is 3. The van der Waals surface area contributed by atoms with Crippen molar-refractivity contribution < 1.29 is 9.13 Å². The predicted octanol–water partition coefficient (Wildman–Crippen LogP) is 3.02. The van der Waals surface area contributed by atoms with Crippen LogP contribution in [0.5, 0.6) is 5.75 Å². The van der Waals surface area contributed by atoms with Crippen molar-refractivity contribution in [2.24, 2.45) is 0 Å². The Morgan fingerprint density at radius 3 is 3.11 bits per heavy atom. The van der Waals surface area contributed by atoms with Crippen LogP contribution >= 0.6 is 0 Å². The Morgan fingerprint density at radius 2 is 2.39 bits per heavy atom. The fraction of sp³-hybridized carbons (Fsp3) is 0.643. The molecule has 1 aliphatic rings. The van der Waals surface area contributed by atoms with Crippen LogP contribution in [0.4, 0.5) is 4.39 Å². The number of ether oxygens (including phenoxy) is 1. The van der Waals surface area contributed by atoms with E-state index in [2.05, 4.69) is 10.3 Å². The van der Waals surface area contributed by atoms with Gasteiger partial charge in [0.15, 0.2) is 0 Å². The van der Waals surface area contributed by atoms with Crippen molar-refractivity contribution in [2.45, 2.75) is 44.8 Å². The van der Waals surface area contributed by atoms with Gasteiger partial charge in [0, 0.05) is 17.8 Å². The molecule has 0 aromatic carbocycles. The van der Waals surface area contributed by atoms with E-state index in [0.29, 0.717) is 17.9 Å². The number of rotatable bonds is 5. The third-order valence-electron chi connectivity index (χ3n) is 3.23. The van der Waals surface area contributed by atoms with Gasteiger partial charge in [-0.2, -0.15) is 0 Å². The molecule has 0 saturated carbocycles. The molecule has 1 aromatic heterocycles. The Balaban J connectivity index is 2.02. The van der Waals surface area contributed by atoms with Gasteiger partial charge >= 0.3 is 0 Å². The van der Waals surface area contributed by atoms with E-state index in [0.717, 1.165) is 32.2 Å². The molecule has 0 bridgehead atoms. The largest absolute Gasteiger partial charge is 0.492 e. The first-order valence-corrected chi connectivity index (χ1v) is 6.76. The van der Waals surface area contributed by atoms with E-state index in [1.807, 2.05) is 6.92 Å². The van der Waals surface area contributed by atoms with Crippen LogP contribution in [-0.4, -0.2) is 24.2 Å². The minimum atomic E-state index is -0.997. The van der Waals surface area contributed by atoms with Gasteiger partial charge in [-0.25, -0.2) is 4.39 Å². The van der Waals surface area contributed by atoms with Crippen LogP contribution in [0.15, 0.2) is 18.5 Å². The summed E-state index contributed by atoms with van der Waals surface area (Å²) in [6.07, 6.45) is 6.30. The van der Waals surface area contributed by atoms with Gasteiger partial charge in [-0.15, -0.1) is 0 Å². The average molecular weight is 252 g/mol. The molecule has 2 heterocycles. The second kappa shape index (κ2) is 6.69. The maximum atomic E-state index is 14.4. The van der Waals surface area contributed by atoms with Gasteiger partial charge in [-0.1, -0.05) is 13.3 Å². The van der Waals surface area contributed by atoms with Crippen molar-refractivity contribution in [3.8, 4) is 5.75 Å². The summed E-state index contributed by atoms with van der Waals surface area (Å²) < 4.78 is 19.8. The molecule has 2 unspecified atom stereocenters. The molecule has 2 atom stereocenters. The summed E-state index contributed by atoms with van der Waals surface area (Å²) in [5, 5.41) is 3.24. The van der Waals surface area contributed by atoms with Gasteiger partial charge in [0.05, 0.1) is 12.8 Å². The number of halogens is 1. The van der Waals surface area contributed by atoms with E-state index < -0.39 is 6.17 Å². The van der Waals surface area contributed by atoms with Gasteiger partial charge in [-0.3, -0.25) is 4.98 Å². The first kappa shape index (κ1) is 13.3. The molecule has 18 heavy (non-hydrogen) atoms. The van der Waals surface area contributed by atoms with Crippen molar-refractivity contribution in [1.82, 2.24) is 10.3 Å². The van der Waals surface area contributed by atoms with E-state index in [1.54, 1.807) is 18.5 Å². The van der Waals surface area contributed by atoms with Crippen LogP contribution in [0.2, 0.25) is 0 Å². The molecule has 100 valence electrons. The third kappa shape index (κ3) is 3.42. The number of nitrogens with one attached hydrogen (secondary N) is 1. The lowest BCUT2D eigenvalue weighted by Crippen LogP contribution is -2.37. The molecule has 2 rings (SSSR count). The van der Waals surface area contributed by atoms with E-state index in [-0.39, 0.29) is 6.04 Å². The second-order valence-corrected chi connectivity index (χ2v) is 4.76. The van der Waals surface area contributed by atoms with Crippen LogP contribution in [0.25, 0.3) is 0 Å². The summed E-state index contributed by atoms with van der Waals surface area (Å²) in [5.74, 6) is 0.660. The van der Waals surface area contributed by atoms with Gasteiger partial charge in [-0.05, 0) is 31.9 Å². The molecule has 1 saturated heterocycles. The lowest BCUT2D eigenvalue weighted by molar-refractivity contribution is 0.220. The van der Waals surface area contributed by atoms with Gasteiger partial charge < -0.3 is 10.1 Å². The zero-order valence-corrected chi connectivity index (χ0v) is 10.9. The summed E-state index contributed by atoms with van der Waals surface area (Å²) in [6, 6.07) is 1.69. The number of hydrogen-bond donors (Lipinski definition) is 1. The van der Waals surface area contributed by atoms with Crippen molar-refractivity contribution >= 4 is 0 Å². The van der Waals surface area contributed by atoms with Crippen LogP contribution in [-0.2, 0) is 0 Å². The summed E-state index contributed by atoms with van der Waals surface area (Å²) >= 11 is 0. The molecule has 0 amide bonds. The minimum Gasteiger partial charge on any atom is -0.492 e. The molecule has 1 fully saturated rings. The summed E-state index contributed by atoms with van der Waals surface area (Å²) in [7, 11) is 0. The third-order valence-corrected chi connectivity index (χ3v) is 3.23. The van der Waals surface area contributed by atoms with Crippen molar-refractivity contribution in [1.29, 1.82) is 0 Å². The van der Waals surface area contributed by atoms with Crippen molar-refractivity contribution in [2.75, 3.05) is 13.2 Å². The summed E-state index contributed by atoms with van der Waals surface area (Å²) in [4.78, 5) is 4.06. The van der Waals surface area contributed by atoms with E-state index in [9.17, 15) is 4.39 Å². The number of nitrogens with zero attached hydrogens (tertiary/aromatic N) is 1. The Morgan fingerprint density at radius 1 is 1.50 bits per heavy atom. The van der Waals surface area contributed by atoms with E-state index >= 15 is 0 Å². The predicted molar refractivity (Wildman–Crippen MR) is 69.5 cm³/mol. The molecular weight excluding hydrogens is 231 g/mol. The Hall–Kier alpha value is -1.16. The zero-order chi connectivity index (χ0) is 12.8. The van der Waals surface area contributed by atoms with E-state index in [1.165, 1.54) is 0 Å². The molecule has 1 N–H and O–H groups in total. The Kier molecular flexibility index (Phi) is 4.93. The van der Waals surface area contributed by atoms with Gasteiger partial charge in [0.2, 0.25) is 0 Å². The highest BCUT2D eigenvalue weighted by Crippen LogP contribution is 2.28. The van der Waals surface area contributed by atoms with Crippen molar-refractivity contribution in [3.05, 3.63) is 24.0 Å². The highest BCUT2D eigenvalue weighted by Gasteiger charge is 2.24. The molecule has 3 nitrogen and oxygen atoms in total. The monoisotopic (exact) mass is 252 g/mol. The van der Waals surface area contributed by atoms with Gasteiger partial charge in [0.25, 0.3) is 0 Å². The quantitative estimate of drug-likeness (QED) is 0.874. The minimum absolute atomic E-state index is 0.0815. The molecule has 0 spiro atoms. The topological polar surface area (TPSA) is 34.1 Å². The highest BCUT2D eigenvalue weighted by molar-refractivity contribution is 5.26. The first-order valence-electron chi connectivity index (χ1n) is 6.76. The van der Waals surface area contributed by atoms with Crippen LogP contribution in [0.3, 0.4) is 0 Å². The van der Waals surface area contributed by atoms with Crippen LogP contribution in [0.1, 0.15) is 44.3 Å². The number of pyridine rings is 1. The molecule has 4 heteroatoms. The van der Waals surface area contributed by atoms with Crippen molar-refractivity contribution in [3.63, 3.8) is 0 Å². The molecule has 0 aliphatic carbocycles. The molecule has 1 aromatic rings. The van der Waals surface area contributed by atoms with E-state index in [4.69, 9.17) is 4.74 Å². The Labute approximate surface area is 108 Å². The van der Waals surface area contributed by atoms with Crippen LogP contribution in [0, 0.1) is 0 Å². The van der Waals surface area contributed by atoms with Gasteiger partial charge in [0.1, 0.15) is 11.9 Å². The molecule has 0 radical (unpaired) electrons. The van der Waals surface area contributed by atoms with Crippen LogP contribution < -0.4 is 10.1 Å². The number of piperidine rings is 1. The Bertz CT molecular complexity index is 367. The maximum absolute atomic E-state index is 14.4. The fourth-order valence-electron chi connectivity index (χ4n) is 2.25. The smallest absolute Gasteiger partial charge is 0.142 e. The fourth-order valence-corrected chi connectivity index (χ4v) is 2.25. The number of aromatic nitrogens is 1. The standard InChI is InChI=1S/C14H21FN2O/c1-2-7-18-12-8-11(9-16-10-12)14(15)13-5-3-4-6-17-13/h8-10,13-14,17H,2-7H2,1H3. The second-order valence-electron chi connectivity index (χ2n) is 4.76. The molecule has 1 aliphatic heterocycles. The highest BCUT2D eigenvalue weighted by atomic mass is 19.1. The number of alkyl halides is 1. The average Bonchev–Trinajstić information content (AvgIpc) is 2.45. The SMILES string of the molecule is CCCOc1cncc(C(F)C2CCCCN2)c1. The lowest BCUT2D eigenvalue weighted by atomic mass is 9.97. The lowest BCUT2D eigenvalue weighted by Gasteiger charge is -2.26. The maximum Gasteiger partial charge on any atom is 0.142 e.